The number of carbonyl (C=O) groups excluding carboxylic acids is 1. The van der Waals surface area contributed by atoms with E-state index in [9.17, 15) is 4.79 Å². The largest absolute Gasteiger partial charge is 0.350 e. The Morgan fingerprint density at radius 1 is 1.32 bits per heavy atom. The number of hydrogen-bond acceptors (Lipinski definition) is 2. The van der Waals surface area contributed by atoms with Crippen molar-refractivity contribution in [2.45, 2.75) is 45.1 Å². The molecule has 1 amide bonds. The Balaban J connectivity index is 1.99. The van der Waals surface area contributed by atoms with E-state index < -0.39 is 0 Å². The monoisotopic (exact) mass is 260 g/mol. The third kappa shape index (κ3) is 3.80. The first-order chi connectivity index (χ1) is 9.20. The van der Waals surface area contributed by atoms with Gasteiger partial charge in [-0.05, 0) is 49.9 Å². The molecule has 19 heavy (non-hydrogen) atoms. The Morgan fingerprint density at radius 3 is 2.53 bits per heavy atom. The molecule has 1 aliphatic rings. The molecule has 1 fully saturated rings. The Morgan fingerprint density at radius 2 is 1.95 bits per heavy atom. The fourth-order valence-electron chi connectivity index (χ4n) is 2.64. The highest BCUT2D eigenvalue weighted by molar-refractivity contribution is 5.75. The van der Waals surface area contributed by atoms with Crippen LogP contribution in [0, 0.1) is 0 Å². The van der Waals surface area contributed by atoms with Crippen LogP contribution in [-0.4, -0.2) is 19.0 Å². The lowest BCUT2D eigenvalue weighted by atomic mass is 9.89. The summed E-state index contributed by atoms with van der Waals surface area (Å²) in [5.74, 6) is 0.797. The number of amides is 1. The molecule has 0 unspecified atom stereocenters. The maximum absolute atomic E-state index is 11.4. The van der Waals surface area contributed by atoms with Gasteiger partial charge in [0.2, 0.25) is 5.91 Å². The summed E-state index contributed by atoms with van der Waals surface area (Å²) in [5.41, 5.74) is 2.61. The second-order valence-corrected chi connectivity index (χ2v) is 5.33. The fourth-order valence-corrected chi connectivity index (χ4v) is 2.64. The molecule has 1 atom stereocenters. The zero-order valence-corrected chi connectivity index (χ0v) is 11.9. The Hall–Kier alpha value is -1.35. The summed E-state index contributed by atoms with van der Waals surface area (Å²) in [6.07, 6.45) is 2.99. The van der Waals surface area contributed by atoms with Gasteiger partial charge in [0.15, 0.2) is 0 Å². The van der Waals surface area contributed by atoms with Gasteiger partial charge in [-0.1, -0.05) is 31.2 Å². The van der Waals surface area contributed by atoms with Gasteiger partial charge in [-0.3, -0.25) is 4.79 Å². The lowest BCUT2D eigenvalue weighted by Crippen LogP contribution is -2.27. The van der Waals surface area contributed by atoms with Gasteiger partial charge in [-0.15, -0.1) is 0 Å². The molecule has 1 aromatic carbocycles. The number of piperidine rings is 1. The molecule has 0 radical (unpaired) electrons. The summed E-state index contributed by atoms with van der Waals surface area (Å²) in [7, 11) is 0. The SMILES string of the molecule is CCC(=O)N[C@@H](C)c1ccc(C2CCNCC2)cc1. The molecule has 1 aromatic rings. The predicted octanol–water partition coefficient (Wildman–Crippen LogP) is 2.74. The van der Waals surface area contributed by atoms with Gasteiger partial charge >= 0.3 is 0 Å². The zero-order chi connectivity index (χ0) is 13.7. The van der Waals surface area contributed by atoms with Crippen LogP contribution in [0.4, 0.5) is 0 Å². The van der Waals surface area contributed by atoms with E-state index in [1.165, 1.54) is 24.0 Å². The number of nitrogens with one attached hydrogen (secondary N) is 2. The first-order valence-electron chi connectivity index (χ1n) is 7.30. The van der Waals surface area contributed by atoms with Gasteiger partial charge in [0.25, 0.3) is 0 Å². The van der Waals surface area contributed by atoms with Crippen LogP contribution in [-0.2, 0) is 4.79 Å². The smallest absolute Gasteiger partial charge is 0.220 e. The van der Waals surface area contributed by atoms with E-state index in [2.05, 4.69) is 34.9 Å². The van der Waals surface area contributed by atoms with Crippen molar-refractivity contribution in [3.05, 3.63) is 35.4 Å². The Kier molecular flexibility index (Phi) is 4.97. The van der Waals surface area contributed by atoms with Crippen LogP contribution in [0.2, 0.25) is 0 Å². The van der Waals surface area contributed by atoms with E-state index >= 15 is 0 Å². The second kappa shape index (κ2) is 6.71. The Labute approximate surface area is 115 Å². The molecule has 0 spiro atoms. The van der Waals surface area contributed by atoms with E-state index in [0.29, 0.717) is 12.3 Å². The highest BCUT2D eigenvalue weighted by Crippen LogP contribution is 2.26. The van der Waals surface area contributed by atoms with Crippen LogP contribution in [0.3, 0.4) is 0 Å². The van der Waals surface area contributed by atoms with E-state index in [0.717, 1.165) is 13.1 Å². The third-order valence-electron chi connectivity index (χ3n) is 3.95. The minimum atomic E-state index is 0.0922. The van der Waals surface area contributed by atoms with Crippen molar-refractivity contribution in [2.75, 3.05) is 13.1 Å². The highest BCUT2D eigenvalue weighted by atomic mass is 16.1. The van der Waals surface area contributed by atoms with Gasteiger partial charge in [0, 0.05) is 6.42 Å². The summed E-state index contributed by atoms with van der Waals surface area (Å²) in [6.45, 7) is 6.15. The molecule has 0 saturated carbocycles. The number of hydrogen-bond donors (Lipinski definition) is 2. The zero-order valence-electron chi connectivity index (χ0n) is 11.9. The molecule has 3 heteroatoms. The maximum atomic E-state index is 11.4. The first kappa shape index (κ1) is 14.1. The van der Waals surface area contributed by atoms with Crippen molar-refractivity contribution in [3.63, 3.8) is 0 Å². The molecule has 104 valence electrons. The highest BCUT2D eigenvalue weighted by Gasteiger charge is 2.15. The average Bonchev–Trinajstić information content (AvgIpc) is 2.48. The molecule has 0 bridgehead atoms. The standard InChI is InChI=1S/C16H24N2O/c1-3-16(19)18-12(2)13-4-6-14(7-5-13)15-8-10-17-11-9-15/h4-7,12,15,17H,3,8-11H2,1-2H3,(H,18,19)/t12-/m0/s1. The van der Waals surface area contributed by atoms with E-state index in [1.54, 1.807) is 0 Å². The molecule has 2 N–H and O–H groups in total. The first-order valence-corrected chi connectivity index (χ1v) is 7.30. The normalized spacial score (nSPS) is 18.0. The van der Waals surface area contributed by atoms with Crippen molar-refractivity contribution < 1.29 is 4.79 Å². The lowest BCUT2D eigenvalue weighted by molar-refractivity contribution is -0.121. The maximum Gasteiger partial charge on any atom is 0.220 e. The van der Waals surface area contributed by atoms with Crippen LogP contribution in [0.25, 0.3) is 0 Å². The van der Waals surface area contributed by atoms with E-state index in [4.69, 9.17) is 0 Å². The van der Waals surface area contributed by atoms with Crippen molar-refractivity contribution in [3.8, 4) is 0 Å². The molecular formula is C16H24N2O. The molecule has 1 saturated heterocycles. The van der Waals surface area contributed by atoms with Crippen LogP contribution >= 0.6 is 0 Å². The van der Waals surface area contributed by atoms with Crippen LogP contribution in [0.15, 0.2) is 24.3 Å². The fraction of sp³-hybridized carbons (Fsp3) is 0.562. The minimum absolute atomic E-state index is 0.0922. The van der Waals surface area contributed by atoms with Gasteiger partial charge in [0.1, 0.15) is 0 Å². The molecule has 2 rings (SSSR count). The van der Waals surface area contributed by atoms with E-state index in [1.807, 2.05) is 13.8 Å². The quantitative estimate of drug-likeness (QED) is 0.874. The van der Waals surface area contributed by atoms with Gasteiger partial charge in [-0.25, -0.2) is 0 Å². The van der Waals surface area contributed by atoms with Gasteiger partial charge < -0.3 is 10.6 Å². The van der Waals surface area contributed by atoms with Crippen LogP contribution in [0.5, 0.6) is 0 Å². The van der Waals surface area contributed by atoms with Crippen molar-refractivity contribution >= 4 is 5.91 Å². The number of rotatable bonds is 4. The summed E-state index contributed by atoms with van der Waals surface area (Å²) < 4.78 is 0. The second-order valence-electron chi connectivity index (χ2n) is 5.33. The van der Waals surface area contributed by atoms with Crippen LogP contribution < -0.4 is 10.6 Å². The molecule has 3 nitrogen and oxygen atoms in total. The minimum Gasteiger partial charge on any atom is -0.350 e. The summed E-state index contributed by atoms with van der Waals surface area (Å²) in [4.78, 5) is 11.4. The van der Waals surface area contributed by atoms with Gasteiger partial charge in [-0.2, -0.15) is 0 Å². The molecule has 1 heterocycles. The molecule has 0 aliphatic carbocycles. The average molecular weight is 260 g/mol. The Bertz CT molecular complexity index is 407. The van der Waals surface area contributed by atoms with Crippen molar-refractivity contribution in [1.82, 2.24) is 10.6 Å². The lowest BCUT2D eigenvalue weighted by Gasteiger charge is -2.23. The molecule has 1 aliphatic heterocycles. The molecular weight excluding hydrogens is 236 g/mol. The predicted molar refractivity (Wildman–Crippen MR) is 78.1 cm³/mol. The topological polar surface area (TPSA) is 41.1 Å². The summed E-state index contributed by atoms with van der Waals surface area (Å²) in [5, 5.41) is 6.39. The van der Waals surface area contributed by atoms with Crippen molar-refractivity contribution in [1.29, 1.82) is 0 Å². The summed E-state index contributed by atoms with van der Waals surface area (Å²) in [6, 6.07) is 8.84. The van der Waals surface area contributed by atoms with Crippen LogP contribution in [0.1, 0.15) is 56.2 Å². The molecule has 0 aromatic heterocycles. The third-order valence-corrected chi connectivity index (χ3v) is 3.95. The number of benzene rings is 1. The van der Waals surface area contributed by atoms with Gasteiger partial charge in [0.05, 0.1) is 6.04 Å². The number of carbonyl (C=O) groups is 1. The van der Waals surface area contributed by atoms with Crippen molar-refractivity contribution in [2.24, 2.45) is 0 Å². The van der Waals surface area contributed by atoms with E-state index in [-0.39, 0.29) is 11.9 Å². The summed E-state index contributed by atoms with van der Waals surface area (Å²) >= 11 is 0.